The van der Waals surface area contributed by atoms with E-state index < -0.39 is 41.8 Å². The molecule has 0 aliphatic heterocycles. The maximum absolute atomic E-state index is 12.8. The van der Waals surface area contributed by atoms with Gasteiger partial charge in [-0.2, -0.15) is 26.3 Å². The Labute approximate surface area is 139 Å². The average Bonchev–Trinajstić information content (AvgIpc) is 2.90. The van der Waals surface area contributed by atoms with Gasteiger partial charge in [0.15, 0.2) is 0 Å². The second kappa shape index (κ2) is 6.68. The Morgan fingerprint density at radius 1 is 1.08 bits per heavy atom. The number of rotatable bonds is 3. The van der Waals surface area contributed by atoms with Gasteiger partial charge in [-0.25, -0.2) is 0 Å². The van der Waals surface area contributed by atoms with Gasteiger partial charge in [-0.3, -0.25) is 9.59 Å². The van der Waals surface area contributed by atoms with Gasteiger partial charge in [0.1, 0.15) is 5.78 Å². The molecule has 138 valence electrons. The molecule has 0 saturated heterocycles. The summed E-state index contributed by atoms with van der Waals surface area (Å²) < 4.78 is 77.0. The molecule has 1 unspecified atom stereocenters. The molecule has 3 nitrogen and oxygen atoms in total. The normalized spacial score (nSPS) is 18.5. The van der Waals surface area contributed by atoms with Crippen molar-refractivity contribution in [1.82, 2.24) is 4.90 Å². The lowest BCUT2D eigenvalue weighted by Crippen LogP contribution is -2.31. The second-order valence-electron chi connectivity index (χ2n) is 6.09. The van der Waals surface area contributed by atoms with E-state index in [2.05, 4.69) is 0 Å². The maximum Gasteiger partial charge on any atom is 0.416 e. The van der Waals surface area contributed by atoms with E-state index in [1.54, 1.807) is 0 Å². The van der Waals surface area contributed by atoms with Crippen molar-refractivity contribution < 1.29 is 35.9 Å². The van der Waals surface area contributed by atoms with Crippen molar-refractivity contribution in [1.29, 1.82) is 0 Å². The van der Waals surface area contributed by atoms with E-state index in [0.29, 0.717) is 18.6 Å². The molecule has 1 aliphatic rings. The van der Waals surface area contributed by atoms with Crippen LogP contribution in [0.15, 0.2) is 18.2 Å². The number of amides is 1. The summed E-state index contributed by atoms with van der Waals surface area (Å²) in [5, 5.41) is 0. The number of hydrogen-bond donors (Lipinski definition) is 0. The van der Waals surface area contributed by atoms with E-state index in [0.717, 1.165) is 4.90 Å². The minimum atomic E-state index is -4.93. The summed E-state index contributed by atoms with van der Waals surface area (Å²) in [7, 11) is 1.29. The lowest BCUT2D eigenvalue weighted by atomic mass is 10.0. The average molecular weight is 367 g/mol. The smallest absolute Gasteiger partial charge is 0.341 e. The van der Waals surface area contributed by atoms with Crippen LogP contribution in [0, 0.1) is 5.92 Å². The van der Waals surface area contributed by atoms with Crippen molar-refractivity contribution in [3.05, 3.63) is 34.9 Å². The number of benzene rings is 1. The third-order valence-electron chi connectivity index (χ3n) is 4.04. The summed E-state index contributed by atoms with van der Waals surface area (Å²) >= 11 is 0. The van der Waals surface area contributed by atoms with Crippen LogP contribution in [0.4, 0.5) is 26.3 Å². The van der Waals surface area contributed by atoms with E-state index in [4.69, 9.17) is 0 Å². The quantitative estimate of drug-likeness (QED) is 0.756. The Kier molecular flexibility index (Phi) is 5.15. The van der Waals surface area contributed by atoms with Gasteiger partial charge in [-0.05, 0) is 30.2 Å². The minimum Gasteiger partial charge on any atom is -0.341 e. The second-order valence-corrected chi connectivity index (χ2v) is 6.09. The number of carbonyl (C=O) groups is 2. The first-order chi connectivity index (χ1) is 11.4. The van der Waals surface area contributed by atoms with E-state index in [-0.39, 0.29) is 30.3 Å². The first-order valence-corrected chi connectivity index (χ1v) is 7.43. The van der Waals surface area contributed by atoms with Gasteiger partial charge in [0, 0.05) is 32.4 Å². The van der Waals surface area contributed by atoms with Gasteiger partial charge in [0.25, 0.3) is 0 Å². The van der Waals surface area contributed by atoms with Crippen molar-refractivity contribution >= 4 is 11.7 Å². The third-order valence-corrected chi connectivity index (χ3v) is 4.04. The van der Waals surface area contributed by atoms with Crippen LogP contribution in [0.2, 0.25) is 0 Å². The highest BCUT2D eigenvalue weighted by atomic mass is 19.4. The van der Waals surface area contributed by atoms with Gasteiger partial charge >= 0.3 is 12.4 Å². The van der Waals surface area contributed by atoms with Crippen LogP contribution in [-0.2, 0) is 28.5 Å². The number of hydrogen-bond acceptors (Lipinski definition) is 2. The van der Waals surface area contributed by atoms with E-state index in [1.165, 1.54) is 7.05 Å². The molecule has 1 amide bonds. The molecule has 1 aromatic rings. The van der Waals surface area contributed by atoms with Crippen LogP contribution in [-0.4, -0.2) is 23.6 Å². The Morgan fingerprint density at radius 3 is 2.00 bits per heavy atom. The standard InChI is InChI=1S/C16H15F6NO2/c1-23(14(25)10-2-3-13(24)6-10)8-9-4-11(15(17,18)19)7-12(5-9)16(20,21)22/h4-5,7,10H,2-3,6,8H2,1H3. The van der Waals surface area contributed by atoms with E-state index in [9.17, 15) is 35.9 Å². The molecule has 0 aromatic heterocycles. The molecule has 1 aliphatic carbocycles. The predicted octanol–water partition coefficient (Wildman–Crippen LogP) is 4.05. The highest BCUT2D eigenvalue weighted by Crippen LogP contribution is 2.36. The van der Waals surface area contributed by atoms with Crippen LogP contribution in [0.3, 0.4) is 0 Å². The summed E-state index contributed by atoms with van der Waals surface area (Å²) in [6.07, 6.45) is -9.21. The molecular formula is C16H15F6NO2. The summed E-state index contributed by atoms with van der Waals surface area (Å²) in [6, 6.07) is 1.23. The molecule has 0 radical (unpaired) electrons. The van der Waals surface area contributed by atoms with E-state index in [1.807, 2.05) is 0 Å². The van der Waals surface area contributed by atoms with Gasteiger partial charge in [-0.15, -0.1) is 0 Å². The molecule has 1 fully saturated rings. The Bertz CT molecular complexity index is 648. The molecule has 0 spiro atoms. The zero-order valence-electron chi connectivity index (χ0n) is 13.2. The monoisotopic (exact) mass is 367 g/mol. The molecule has 0 bridgehead atoms. The SMILES string of the molecule is CN(Cc1cc(C(F)(F)F)cc(C(F)(F)F)c1)C(=O)C1CCC(=O)C1. The number of carbonyl (C=O) groups excluding carboxylic acids is 2. The van der Waals surface area contributed by atoms with Crippen molar-refractivity contribution in [2.75, 3.05) is 7.05 Å². The van der Waals surface area contributed by atoms with Crippen LogP contribution in [0.25, 0.3) is 0 Å². The Hall–Kier alpha value is -2.06. The van der Waals surface area contributed by atoms with Crippen molar-refractivity contribution in [3.63, 3.8) is 0 Å². The number of Topliss-reactive ketones (excluding diaryl/α,β-unsaturated/α-hetero) is 1. The molecule has 0 N–H and O–H groups in total. The summed E-state index contributed by atoms with van der Waals surface area (Å²) in [5.41, 5.74) is -3.12. The minimum absolute atomic E-state index is 0.0426. The molecule has 25 heavy (non-hydrogen) atoms. The van der Waals surface area contributed by atoms with Crippen LogP contribution >= 0.6 is 0 Å². The fraction of sp³-hybridized carbons (Fsp3) is 0.500. The fourth-order valence-corrected chi connectivity index (χ4v) is 2.80. The molecule has 1 saturated carbocycles. The van der Waals surface area contributed by atoms with Gasteiger partial charge in [-0.1, -0.05) is 0 Å². The molecule has 1 atom stereocenters. The molecule has 1 aromatic carbocycles. The topological polar surface area (TPSA) is 37.4 Å². The maximum atomic E-state index is 12.8. The van der Waals surface area contributed by atoms with Crippen molar-refractivity contribution in [2.24, 2.45) is 5.92 Å². The number of nitrogens with zero attached hydrogens (tertiary/aromatic N) is 1. The molecule has 0 heterocycles. The zero-order chi connectivity index (χ0) is 19.0. The van der Waals surface area contributed by atoms with Crippen LogP contribution < -0.4 is 0 Å². The van der Waals surface area contributed by atoms with Gasteiger partial charge in [0.05, 0.1) is 11.1 Å². The highest BCUT2D eigenvalue weighted by Gasteiger charge is 2.37. The lowest BCUT2D eigenvalue weighted by molar-refractivity contribution is -0.143. The van der Waals surface area contributed by atoms with Gasteiger partial charge in [0.2, 0.25) is 5.91 Å². The number of ketones is 1. The van der Waals surface area contributed by atoms with Crippen molar-refractivity contribution in [3.8, 4) is 0 Å². The Balaban J connectivity index is 2.25. The third kappa shape index (κ3) is 4.73. The van der Waals surface area contributed by atoms with E-state index >= 15 is 0 Å². The highest BCUT2D eigenvalue weighted by molar-refractivity contribution is 5.89. The van der Waals surface area contributed by atoms with Crippen molar-refractivity contribution in [2.45, 2.75) is 38.2 Å². The van der Waals surface area contributed by atoms with Crippen LogP contribution in [0.5, 0.6) is 0 Å². The fourth-order valence-electron chi connectivity index (χ4n) is 2.80. The first kappa shape index (κ1) is 19.3. The number of alkyl halides is 6. The largest absolute Gasteiger partial charge is 0.416 e. The summed E-state index contributed by atoms with van der Waals surface area (Å²) in [5.74, 6) is -1.10. The Morgan fingerprint density at radius 2 is 1.60 bits per heavy atom. The summed E-state index contributed by atoms with van der Waals surface area (Å²) in [4.78, 5) is 24.5. The molecule has 2 rings (SSSR count). The molecular weight excluding hydrogens is 352 g/mol. The number of halogens is 6. The molecule has 9 heteroatoms. The summed E-state index contributed by atoms with van der Waals surface area (Å²) in [6.45, 7) is -0.406. The van der Waals surface area contributed by atoms with Crippen LogP contribution in [0.1, 0.15) is 36.0 Å². The first-order valence-electron chi connectivity index (χ1n) is 7.43. The predicted molar refractivity (Wildman–Crippen MR) is 75.3 cm³/mol. The lowest BCUT2D eigenvalue weighted by Gasteiger charge is -2.22. The zero-order valence-corrected chi connectivity index (χ0v) is 13.2. The van der Waals surface area contributed by atoms with Gasteiger partial charge < -0.3 is 4.90 Å².